The number of amides is 1. The summed E-state index contributed by atoms with van der Waals surface area (Å²) in [7, 11) is 0. The minimum atomic E-state index is -1.67. The maximum absolute atomic E-state index is 12.6. The summed E-state index contributed by atoms with van der Waals surface area (Å²) in [6.07, 6.45) is 0.454. The van der Waals surface area contributed by atoms with Gasteiger partial charge in [0.15, 0.2) is 0 Å². The molecule has 1 amide bonds. The van der Waals surface area contributed by atoms with Crippen LogP contribution in [0.25, 0.3) is 0 Å². The number of benzene rings is 3. The molecule has 2 N–H and O–H groups in total. The summed E-state index contributed by atoms with van der Waals surface area (Å²) in [6, 6.07) is 22.2. The molecule has 0 aliphatic heterocycles. The molecule has 0 heterocycles. The van der Waals surface area contributed by atoms with Crippen molar-refractivity contribution in [3.63, 3.8) is 0 Å². The van der Waals surface area contributed by atoms with E-state index in [1.54, 1.807) is 30.3 Å². The maximum atomic E-state index is 12.6. The molecule has 0 aromatic heterocycles. The zero-order valence-electron chi connectivity index (χ0n) is 14.8. The summed E-state index contributed by atoms with van der Waals surface area (Å²) >= 11 is 0. The van der Waals surface area contributed by atoms with Crippen LogP contribution in [0.2, 0.25) is 0 Å². The van der Waals surface area contributed by atoms with Gasteiger partial charge in [-0.2, -0.15) is 0 Å². The van der Waals surface area contributed by atoms with E-state index >= 15 is 0 Å². The van der Waals surface area contributed by atoms with E-state index in [-0.39, 0.29) is 11.3 Å². The van der Waals surface area contributed by atoms with E-state index in [1.807, 2.05) is 30.3 Å². The van der Waals surface area contributed by atoms with Gasteiger partial charge in [0.2, 0.25) is 0 Å². The number of rotatable bonds is 5. The second-order valence-electron chi connectivity index (χ2n) is 6.06. The van der Waals surface area contributed by atoms with Crippen LogP contribution in [0.3, 0.4) is 0 Å². The van der Waals surface area contributed by atoms with Crippen molar-refractivity contribution in [1.29, 1.82) is 0 Å². The van der Waals surface area contributed by atoms with Crippen molar-refractivity contribution >= 4 is 29.2 Å². The van der Waals surface area contributed by atoms with Crippen LogP contribution in [0.15, 0.2) is 78.9 Å². The SMILES string of the molecule is O=C(O)C(=O)N(c1ccccc1Cc1ccccc1)c1ccccc1C(=O)O. The van der Waals surface area contributed by atoms with E-state index in [4.69, 9.17) is 0 Å². The van der Waals surface area contributed by atoms with Crippen LogP contribution in [0.1, 0.15) is 21.5 Å². The van der Waals surface area contributed by atoms with Gasteiger partial charge in [0.25, 0.3) is 0 Å². The zero-order valence-corrected chi connectivity index (χ0v) is 14.8. The van der Waals surface area contributed by atoms with Crippen LogP contribution >= 0.6 is 0 Å². The van der Waals surface area contributed by atoms with Gasteiger partial charge in [-0.25, -0.2) is 9.59 Å². The van der Waals surface area contributed by atoms with Crippen LogP contribution in [0, 0.1) is 0 Å². The summed E-state index contributed by atoms with van der Waals surface area (Å²) < 4.78 is 0. The van der Waals surface area contributed by atoms with E-state index in [1.165, 1.54) is 18.2 Å². The molecule has 28 heavy (non-hydrogen) atoms. The third kappa shape index (κ3) is 3.91. The van der Waals surface area contributed by atoms with Crippen molar-refractivity contribution in [1.82, 2.24) is 0 Å². The molecule has 0 atom stereocenters. The molecule has 0 bridgehead atoms. The Balaban J connectivity index is 2.17. The fourth-order valence-electron chi connectivity index (χ4n) is 2.99. The largest absolute Gasteiger partial charge is 0.478 e. The highest BCUT2D eigenvalue weighted by atomic mass is 16.4. The van der Waals surface area contributed by atoms with E-state index in [2.05, 4.69) is 0 Å². The van der Waals surface area contributed by atoms with E-state index in [0.29, 0.717) is 17.7 Å². The Labute approximate surface area is 161 Å². The molecular weight excluding hydrogens is 358 g/mol. The van der Waals surface area contributed by atoms with Crippen molar-refractivity contribution in [2.75, 3.05) is 4.90 Å². The first-order valence-corrected chi connectivity index (χ1v) is 8.50. The summed E-state index contributed by atoms with van der Waals surface area (Å²) in [5, 5.41) is 18.8. The number of para-hydroxylation sites is 2. The highest BCUT2D eigenvalue weighted by Gasteiger charge is 2.29. The topological polar surface area (TPSA) is 94.9 Å². The molecule has 0 saturated heterocycles. The molecule has 3 rings (SSSR count). The number of carboxylic acids is 2. The summed E-state index contributed by atoms with van der Waals surface area (Å²) in [5.74, 6) is -4.15. The molecule has 0 aliphatic rings. The Morgan fingerprint density at radius 1 is 0.714 bits per heavy atom. The van der Waals surface area contributed by atoms with Crippen molar-refractivity contribution in [3.8, 4) is 0 Å². The molecule has 0 spiro atoms. The second kappa shape index (κ2) is 8.18. The molecule has 6 nitrogen and oxygen atoms in total. The van der Waals surface area contributed by atoms with E-state index < -0.39 is 17.8 Å². The molecule has 3 aromatic carbocycles. The van der Waals surface area contributed by atoms with Gasteiger partial charge in [-0.15, -0.1) is 0 Å². The highest BCUT2D eigenvalue weighted by molar-refractivity contribution is 6.39. The molecule has 3 aromatic rings. The van der Waals surface area contributed by atoms with Gasteiger partial charge in [-0.1, -0.05) is 60.7 Å². The first-order chi connectivity index (χ1) is 13.5. The van der Waals surface area contributed by atoms with E-state index in [0.717, 1.165) is 10.5 Å². The standard InChI is InChI=1S/C22H17NO5/c24-20(22(27)28)23(19-13-7-5-11-17(19)21(25)26)18-12-6-4-10-16(18)14-15-8-2-1-3-9-15/h1-13H,14H2,(H,25,26)(H,27,28). The lowest BCUT2D eigenvalue weighted by Gasteiger charge is -2.25. The Bertz CT molecular complexity index is 1030. The first kappa shape index (κ1) is 18.8. The number of carbonyl (C=O) groups excluding carboxylic acids is 1. The van der Waals surface area contributed by atoms with Gasteiger partial charge in [-0.05, 0) is 35.7 Å². The lowest BCUT2D eigenvalue weighted by molar-refractivity contribution is -0.148. The van der Waals surface area contributed by atoms with Gasteiger partial charge in [0.05, 0.1) is 16.9 Å². The van der Waals surface area contributed by atoms with Crippen LogP contribution in [0.4, 0.5) is 11.4 Å². The number of aromatic carboxylic acids is 1. The van der Waals surface area contributed by atoms with E-state index in [9.17, 15) is 24.6 Å². The minimum absolute atomic E-state index is 0.00270. The molecule has 140 valence electrons. The lowest BCUT2D eigenvalue weighted by atomic mass is 10.0. The van der Waals surface area contributed by atoms with Gasteiger partial charge in [-0.3, -0.25) is 9.69 Å². The third-order valence-electron chi connectivity index (χ3n) is 4.23. The van der Waals surface area contributed by atoms with Crippen molar-refractivity contribution in [2.24, 2.45) is 0 Å². The fraction of sp³-hybridized carbons (Fsp3) is 0.0455. The Hall–Kier alpha value is -3.93. The number of aliphatic carboxylic acids is 1. The number of carbonyl (C=O) groups is 3. The number of nitrogens with zero attached hydrogens (tertiary/aromatic N) is 1. The maximum Gasteiger partial charge on any atom is 0.395 e. The average molecular weight is 375 g/mol. The van der Waals surface area contributed by atoms with Crippen molar-refractivity contribution in [2.45, 2.75) is 6.42 Å². The number of anilines is 2. The third-order valence-corrected chi connectivity index (χ3v) is 4.23. The van der Waals surface area contributed by atoms with Crippen LogP contribution in [-0.4, -0.2) is 28.1 Å². The monoisotopic (exact) mass is 375 g/mol. The fourth-order valence-corrected chi connectivity index (χ4v) is 2.99. The van der Waals surface area contributed by atoms with Gasteiger partial charge in [0.1, 0.15) is 0 Å². The molecular formula is C22H17NO5. The first-order valence-electron chi connectivity index (χ1n) is 8.50. The lowest BCUT2D eigenvalue weighted by Crippen LogP contribution is -2.34. The number of hydrogen-bond acceptors (Lipinski definition) is 3. The van der Waals surface area contributed by atoms with Crippen LogP contribution < -0.4 is 4.90 Å². The van der Waals surface area contributed by atoms with Crippen molar-refractivity contribution < 1.29 is 24.6 Å². The summed E-state index contributed by atoms with van der Waals surface area (Å²) in [5.41, 5.74) is 1.84. The number of carboxylic acid groups (broad SMARTS) is 2. The van der Waals surface area contributed by atoms with Gasteiger partial charge in [0, 0.05) is 0 Å². The van der Waals surface area contributed by atoms with Crippen molar-refractivity contribution in [3.05, 3.63) is 95.6 Å². The van der Waals surface area contributed by atoms with Crippen LogP contribution in [0.5, 0.6) is 0 Å². The molecule has 0 fully saturated rings. The average Bonchev–Trinajstić information content (AvgIpc) is 2.70. The minimum Gasteiger partial charge on any atom is -0.478 e. The second-order valence-corrected chi connectivity index (χ2v) is 6.06. The Morgan fingerprint density at radius 2 is 1.29 bits per heavy atom. The Morgan fingerprint density at radius 3 is 1.93 bits per heavy atom. The molecule has 0 unspecified atom stereocenters. The summed E-state index contributed by atoms with van der Waals surface area (Å²) in [4.78, 5) is 36.6. The van der Waals surface area contributed by atoms with Gasteiger partial charge < -0.3 is 10.2 Å². The normalized spacial score (nSPS) is 10.3. The quantitative estimate of drug-likeness (QED) is 0.663. The number of hydrogen-bond donors (Lipinski definition) is 2. The molecule has 6 heteroatoms. The van der Waals surface area contributed by atoms with Crippen LogP contribution in [-0.2, 0) is 16.0 Å². The predicted octanol–water partition coefficient (Wildman–Crippen LogP) is 3.72. The Kier molecular flexibility index (Phi) is 5.50. The predicted molar refractivity (Wildman–Crippen MR) is 104 cm³/mol. The van der Waals surface area contributed by atoms with Gasteiger partial charge >= 0.3 is 17.8 Å². The smallest absolute Gasteiger partial charge is 0.395 e. The zero-order chi connectivity index (χ0) is 20.1. The molecule has 0 aliphatic carbocycles. The summed E-state index contributed by atoms with van der Waals surface area (Å²) in [6.45, 7) is 0. The molecule has 0 radical (unpaired) electrons. The molecule has 0 saturated carbocycles. The highest BCUT2D eigenvalue weighted by Crippen LogP contribution is 2.32.